The van der Waals surface area contributed by atoms with Crippen LogP contribution in [0.25, 0.3) is 5.69 Å². The van der Waals surface area contributed by atoms with Gasteiger partial charge in [0.15, 0.2) is 11.5 Å². The van der Waals surface area contributed by atoms with Crippen LogP contribution in [-0.2, 0) is 11.3 Å². The van der Waals surface area contributed by atoms with Gasteiger partial charge in [0.05, 0.1) is 5.69 Å². The van der Waals surface area contributed by atoms with Crippen molar-refractivity contribution in [1.82, 2.24) is 14.9 Å². The molecule has 6 heteroatoms. The summed E-state index contributed by atoms with van der Waals surface area (Å²) >= 11 is 0. The predicted molar refractivity (Wildman–Crippen MR) is 96.5 cm³/mol. The number of hydrogen-bond acceptors (Lipinski definition) is 4. The molecule has 0 radical (unpaired) electrons. The molecule has 0 unspecified atom stereocenters. The molecule has 0 fully saturated rings. The Morgan fingerprint density at radius 2 is 1.96 bits per heavy atom. The number of amides is 1. The van der Waals surface area contributed by atoms with Crippen LogP contribution in [0.4, 0.5) is 0 Å². The van der Waals surface area contributed by atoms with Crippen LogP contribution < -0.4 is 14.8 Å². The van der Waals surface area contributed by atoms with E-state index in [1.54, 1.807) is 12.3 Å². The van der Waals surface area contributed by atoms with Crippen molar-refractivity contribution < 1.29 is 14.3 Å². The van der Waals surface area contributed by atoms with Crippen molar-refractivity contribution in [3.05, 3.63) is 72.3 Å². The molecule has 0 saturated heterocycles. The topological polar surface area (TPSA) is 65.4 Å². The summed E-state index contributed by atoms with van der Waals surface area (Å²) < 4.78 is 13.4. The van der Waals surface area contributed by atoms with E-state index in [1.165, 1.54) is 0 Å². The third kappa shape index (κ3) is 3.13. The molecular formula is C20H19N3O3. The highest BCUT2D eigenvalue weighted by Gasteiger charge is 2.27. The van der Waals surface area contributed by atoms with Gasteiger partial charge in [-0.3, -0.25) is 4.79 Å². The highest BCUT2D eigenvalue weighted by Crippen LogP contribution is 2.30. The van der Waals surface area contributed by atoms with Crippen LogP contribution in [0.2, 0.25) is 0 Å². The Kier molecular flexibility index (Phi) is 4.31. The van der Waals surface area contributed by atoms with E-state index < -0.39 is 6.10 Å². The normalized spacial score (nSPS) is 15.5. The van der Waals surface area contributed by atoms with Crippen LogP contribution in [0.5, 0.6) is 11.5 Å². The summed E-state index contributed by atoms with van der Waals surface area (Å²) in [6.45, 7) is 2.54. The lowest BCUT2D eigenvalue weighted by Crippen LogP contribution is -2.43. The number of carbonyl (C=O) groups excluding carboxylic acids is 1. The van der Waals surface area contributed by atoms with E-state index in [-0.39, 0.29) is 12.5 Å². The quantitative estimate of drug-likeness (QED) is 0.786. The van der Waals surface area contributed by atoms with E-state index >= 15 is 0 Å². The first-order valence-electron chi connectivity index (χ1n) is 8.47. The maximum atomic E-state index is 12.5. The minimum Gasteiger partial charge on any atom is -0.485 e. The fourth-order valence-electron chi connectivity index (χ4n) is 2.97. The summed E-state index contributed by atoms with van der Waals surface area (Å²) in [7, 11) is 0. The summed E-state index contributed by atoms with van der Waals surface area (Å²) in [5, 5.41) is 2.94. The van der Waals surface area contributed by atoms with Gasteiger partial charge in [-0.15, -0.1) is 0 Å². The standard InChI is InChI=1S/C20H19N3O3/c1-14-21-10-11-23(14)16-7-3-2-6-15(16)12-22-20(24)19-13-25-17-8-4-5-9-18(17)26-19/h2-11,19H,12-13H2,1H3,(H,22,24)/t19-/m1/s1. The molecule has 1 amide bonds. The van der Waals surface area contributed by atoms with Crippen LogP contribution >= 0.6 is 0 Å². The first kappa shape index (κ1) is 16.2. The fourth-order valence-corrected chi connectivity index (χ4v) is 2.97. The third-order valence-electron chi connectivity index (χ3n) is 4.33. The lowest BCUT2D eigenvalue weighted by molar-refractivity contribution is -0.130. The van der Waals surface area contributed by atoms with Crippen molar-refractivity contribution >= 4 is 5.91 Å². The lowest BCUT2D eigenvalue weighted by atomic mass is 10.1. The number of aryl methyl sites for hydroxylation is 1. The van der Waals surface area contributed by atoms with Crippen LogP contribution in [-0.4, -0.2) is 28.2 Å². The Morgan fingerprint density at radius 3 is 2.77 bits per heavy atom. The molecule has 1 aliphatic rings. The Labute approximate surface area is 151 Å². The zero-order chi connectivity index (χ0) is 17.9. The number of imidazole rings is 1. The number of benzene rings is 2. The molecule has 132 valence electrons. The van der Waals surface area contributed by atoms with Crippen LogP contribution in [0.15, 0.2) is 60.9 Å². The summed E-state index contributed by atoms with van der Waals surface area (Å²) in [4.78, 5) is 16.8. The molecule has 6 nitrogen and oxygen atoms in total. The fraction of sp³-hybridized carbons (Fsp3) is 0.200. The Hall–Kier alpha value is -3.28. The molecule has 0 spiro atoms. The monoisotopic (exact) mass is 349 g/mol. The van der Waals surface area contributed by atoms with E-state index in [0.717, 1.165) is 17.1 Å². The zero-order valence-electron chi connectivity index (χ0n) is 14.4. The predicted octanol–water partition coefficient (Wildman–Crippen LogP) is 2.64. The molecule has 2 aromatic carbocycles. The maximum absolute atomic E-state index is 12.5. The largest absolute Gasteiger partial charge is 0.485 e. The summed E-state index contributed by atoms with van der Waals surface area (Å²) in [6, 6.07) is 15.3. The van der Waals surface area contributed by atoms with Gasteiger partial charge in [-0.05, 0) is 30.7 Å². The van der Waals surface area contributed by atoms with Crippen molar-refractivity contribution in [2.24, 2.45) is 0 Å². The number of hydrogen-bond donors (Lipinski definition) is 1. The van der Waals surface area contributed by atoms with Crippen molar-refractivity contribution in [2.45, 2.75) is 19.6 Å². The van der Waals surface area contributed by atoms with Crippen molar-refractivity contribution in [1.29, 1.82) is 0 Å². The molecule has 0 aliphatic carbocycles. The number of rotatable bonds is 4. The molecule has 3 aromatic rings. The Morgan fingerprint density at radius 1 is 1.19 bits per heavy atom. The number of para-hydroxylation sites is 3. The summed E-state index contributed by atoms with van der Waals surface area (Å²) in [6.07, 6.45) is 3.01. The van der Waals surface area contributed by atoms with Gasteiger partial charge in [-0.2, -0.15) is 0 Å². The lowest BCUT2D eigenvalue weighted by Gasteiger charge is -2.25. The van der Waals surface area contributed by atoms with Crippen LogP contribution in [0.3, 0.4) is 0 Å². The number of ether oxygens (including phenoxy) is 2. The number of aromatic nitrogens is 2. The molecule has 4 rings (SSSR count). The molecule has 1 N–H and O–H groups in total. The molecular weight excluding hydrogens is 330 g/mol. The smallest absolute Gasteiger partial charge is 0.264 e. The first-order valence-corrected chi connectivity index (χ1v) is 8.47. The summed E-state index contributed by atoms with van der Waals surface area (Å²) in [5.74, 6) is 1.95. The van der Waals surface area contributed by atoms with E-state index in [9.17, 15) is 4.79 Å². The Bertz CT molecular complexity index is 935. The van der Waals surface area contributed by atoms with Crippen molar-refractivity contribution in [2.75, 3.05) is 6.61 Å². The molecule has 2 heterocycles. The highest BCUT2D eigenvalue weighted by molar-refractivity contribution is 5.81. The maximum Gasteiger partial charge on any atom is 0.264 e. The van der Waals surface area contributed by atoms with Crippen molar-refractivity contribution in [3.63, 3.8) is 0 Å². The Balaban J connectivity index is 1.45. The van der Waals surface area contributed by atoms with Crippen LogP contribution in [0.1, 0.15) is 11.4 Å². The summed E-state index contributed by atoms with van der Waals surface area (Å²) in [5.41, 5.74) is 1.99. The second-order valence-corrected chi connectivity index (χ2v) is 6.06. The number of carbonyl (C=O) groups is 1. The van der Waals surface area contributed by atoms with Gasteiger partial charge in [-0.25, -0.2) is 4.98 Å². The van der Waals surface area contributed by atoms with Gasteiger partial charge < -0.3 is 19.4 Å². The van der Waals surface area contributed by atoms with Gasteiger partial charge in [0, 0.05) is 18.9 Å². The van der Waals surface area contributed by atoms with E-state index in [4.69, 9.17) is 9.47 Å². The van der Waals surface area contributed by atoms with Crippen LogP contribution in [0, 0.1) is 6.92 Å². The van der Waals surface area contributed by atoms with Gasteiger partial charge in [0.2, 0.25) is 6.10 Å². The van der Waals surface area contributed by atoms with Gasteiger partial charge >= 0.3 is 0 Å². The molecule has 1 aliphatic heterocycles. The zero-order valence-corrected chi connectivity index (χ0v) is 14.4. The molecule has 26 heavy (non-hydrogen) atoms. The highest BCUT2D eigenvalue weighted by atomic mass is 16.6. The second-order valence-electron chi connectivity index (χ2n) is 6.06. The van der Waals surface area contributed by atoms with E-state index in [2.05, 4.69) is 10.3 Å². The average Bonchev–Trinajstić information content (AvgIpc) is 3.11. The third-order valence-corrected chi connectivity index (χ3v) is 4.33. The number of nitrogens with one attached hydrogen (secondary N) is 1. The van der Waals surface area contributed by atoms with Gasteiger partial charge in [0.1, 0.15) is 12.4 Å². The number of nitrogens with zero attached hydrogens (tertiary/aromatic N) is 2. The molecule has 1 aromatic heterocycles. The van der Waals surface area contributed by atoms with E-state index in [0.29, 0.717) is 18.0 Å². The SMILES string of the molecule is Cc1nccn1-c1ccccc1CNC(=O)[C@H]1COc2ccccc2O1. The minimum atomic E-state index is -0.660. The second kappa shape index (κ2) is 6.92. The average molecular weight is 349 g/mol. The molecule has 0 bridgehead atoms. The van der Waals surface area contributed by atoms with Crippen molar-refractivity contribution in [3.8, 4) is 17.2 Å². The number of fused-ring (bicyclic) bond motifs is 1. The van der Waals surface area contributed by atoms with Gasteiger partial charge in [-0.1, -0.05) is 30.3 Å². The van der Waals surface area contributed by atoms with E-state index in [1.807, 2.05) is 60.2 Å². The molecule has 1 atom stereocenters. The molecule has 0 saturated carbocycles. The minimum absolute atomic E-state index is 0.198. The van der Waals surface area contributed by atoms with Gasteiger partial charge in [0.25, 0.3) is 5.91 Å². The first-order chi connectivity index (χ1) is 12.7.